The van der Waals surface area contributed by atoms with Crippen LogP contribution in [0.4, 0.5) is 0 Å². The highest BCUT2D eigenvalue weighted by molar-refractivity contribution is 5.81. The Labute approximate surface area is 134 Å². The van der Waals surface area contributed by atoms with E-state index in [2.05, 4.69) is 39.3 Å². The number of ether oxygens (including phenoxy) is 1. The van der Waals surface area contributed by atoms with E-state index in [1.54, 1.807) is 0 Å². The third-order valence-corrected chi connectivity index (χ3v) is 4.81. The molecule has 4 nitrogen and oxygen atoms in total. The highest BCUT2D eigenvalue weighted by Crippen LogP contribution is 2.41. The Morgan fingerprint density at radius 2 is 1.59 bits per heavy atom. The molecular formula is C18H31NO3. The highest BCUT2D eigenvalue weighted by atomic mass is 16.7. The van der Waals surface area contributed by atoms with Crippen molar-refractivity contribution in [3.05, 3.63) is 12.7 Å². The lowest BCUT2D eigenvalue weighted by Gasteiger charge is -2.54. The topological polar surface area (TPSA) is 38.8 Å². The molecule has 1 heterocycles. The Balaban J connectivity index is 2.06. The molecule has 2 fully saturated rings. The van der Waals surface area contributed by atoms with Gasteiger partial charge in [-0.05, 0) is 40.5 Å². The van der Waals surface area contributed by atoms with Gasteiger partial charge in [-0.1, -0.05) is 25.8 Å². The van der Waals surface area contributed by atoms with Crippen LogP contribution < -0.4 is 0 Å². The summed E-state index contributed by atoms with van der Waals surface area (Å²) in [5, 5.41) is 2.17. The van der Waals surface area contributed by atoms with Gasteiger partial charge in [-0.25, -0.2) is 4.79 Å². The van der Waals surface area contributed by atoms with E-state index in [0.717, 1.165) is 25.7 Å². The molecule has 0 aromatic heterocycles. The molecule has 2 rings (SSSR count). The fourth-order valence-electron chi connectivity index (χ4n) is 4.07. The highest BCUT2D eigenvalue weighted by Gasteiger charge is 2.48. The quantitative estimate of drug-likeness (QED) is 0.581. The van der Waals surface area contributed by atoms with Crippen molar-refractivity contribution in [3.63, 3.8) is 0 Å². The first-order chi connectivity index (χ1) is 10.2. The van der Waals surface area contributed by atoms with E-state index >= 15 is 0 Å². The summed E-state index contributed by atoms with van der Waals surface area (Å²) in [5.74, 6) is -0.335. The van der Waals surface area contributed by atoms with Crippen LogP contribution in [0.1, 0.15) is 72.6 Å². The zero-order valence-electron chi connectivity index (χ0n) is 14.6. The maximum Gasteiger partial charge on any atom is 0.330 e. The van der Waals surface area contributed by atoms with Crippen molar-refractivity contribution in [2.75, 3.05) is 0 Å². The molecule has 0 radical (unpaired) electrons. The Morgan fingerprint density at radius 3 is 2.09 bits per heavy atom. The summed E-state index contributed by atoms with van der Waals surface area (Å²) in [4.78, 5) is 17.9. The molecule has 126 valence electrons. The van der Waals surface area contributed by atoms with Gasteiger partial charge < -0.3 is 4.74 Å². The Bertz CT molecular complexity index is 393. The summed E-state index contributed by atoms with van der Waals surface area (Å²) >= 11 is 0. The monoisotopic (exact) mass is 309 g/mol. The second-order valence-corrected chi connectivity index (χ2v) is 7.96. The van der Waals surface area contributed by atoms with Crippen LogP contribution in [0, 0.1) is 0 Å². The largest absolute Gasteiger partial charge is 0.459 e. The van der Waals surface area contributed by atoms with Crippen LogP contribution >= 0.6 is 0 Å². The maximum atomic E-state index is 11.5. The van der Waals surface area contributed by atoms with Gasteiger partial charge >= 0.3 is 5.97 Å². The van der Waals surface area contributed by atoms with Crippen LogP contribution in [0.15, 0.2) is 12.7 Å². The van der Waals surface area contributed by atoms with E-state index in [0.29, 0.717) is 6.10 Å². The summed E-state index contributed by atoms with van der Waals surface area (Å²) in [6.45, 7) is 12.2. The molecule has 0 amide bonds. The van der Waals surface area contributed by atoms with Crippen molar-refractivity contribution in [2.24, 2.45) is 0 Å². The zero-order chi connectivity index (χ0) is 16.4. The van der Waals surface area contributed by atoms with Crippen molar-refractivity contribution >= 4 is 5.97 Å². The Hall–Kier alpha value is -0.870. The minimum Gasteiger partial charge on any atom is -0.459 e. The smallest absolute Gasteiger partial charge is 0.330 e. The van der Waals surface area contributed by atoms with E-state index in [1.807, 2.05) is 0 Å². The van der Waals surface area contributed by atoms with Crippen molar-refractivity contribution in [3.8, 4) is 0 Å². The second-order valence-electron chi connectivity index (χ2n) is 7.96. The average Bonchev–Trinajstić information content (AvgIpc) is 2.43. The predicted molar refractivity (Wildman–Crippen MR) is 87.3 cm³/mol. The van der Waals surface area contributed by atoms with Crippen LogP contribution in [0.2, 0.25) is 0 Å². The molecule has 0 aromatic rings. The normalized spacial score (nSPS) is 26.5. The third kappa shape index (κ3) is 4.11. The SMILES string of the molecule is C=CC(=O)OC1CC(C)(C)N(OC2CCCCC2)C(C)(C)C1. The van der Waals surface area contributed by atoms with Gasteiger partial charge in [0, 0.05) is 30.0 Å². The molecular weight excluding hydrogens is 278 g/mol. The van der Waals surface area contributed by atoms with Crippen LogP contribution in [0.25, 0.3) is 0 Å². The Kier molecular flexibility index (Phi) is 5.33. The molecule has 2 aliphatic rings. The zero-order valence-corrected chi connectivity index (χ0v) is 14.6. The van der Waals surface area contributed by atoms with Gasteiger partial charge in [0.1, 0.15) is 6.10 Å². The number of carbonyl (C=O) groups is 1. The van der Waals surface area contributed by atoms with E-state index in [4.69, 9.17) is 9.57 Å². The number of hydrogen-bond donors (Lipinski definition) is 0. The van der Waals surface area contributed by atoms with Gasteiger partial charge in [0.25, 0.3) is 0 Å². The number of nitrogens with zero attached hydrogens (tertiary/aromatic N) is 1. The molecule has 0 bridgehead atoms. The van der Waals surface area contributed by atoms with Crippen LogP contribution in [0.3, 0.4) is 0 Å². The molecule has 0 aromatic carbocycles. The lowest BCUT2D eigenvalue weighted by atomic mass is 9.80. The Morgan fingerprint density at radius 1 is 1.05 bits per heavy atom. The van der Waals surface area contributed by atoms with Gasteiger partial charge in [0.05, 0.1) is 6.10 Å². The van der Waals surface area contributed by atoms with E-state index < -0.39 is 0 Å². The van der Waals surface area contributed by atoms with E-state index in [1.165, 1.54) is 25.3 Å². The number of carbonyl (C=O) groups excluding carboxylic acids is 1. The second kappa shape index (κ2) is 6.71. The predicted octanol–water partition coefficient (Wildman–Crippen LogP) is 4.00. The first kappa shape index (κ1) is 17.5. The van der Waals surface area contributed by atoms with Gasteiger partial charge in [-0.3, -0.25) is 4.84 Å². The molecule has 0 unspecified atom stereocenters. The van der Waals surface area contributed by atoms with E-state index in [9.17, 15) is 4.79 Å². The number of hydroxylamine groups is 2. The molecule has 4 heteroatoms. The average molecular weight is 309 g/mol. The molecule has 1 aliphatic heterocycles. The van der Waals surface area contributed by atoms with Gasteiger partial charge in [-0.15, -0.1) is 0 Å². The molecule has 1 saturated heterocycles. The lowest BCUT2D eigenvalue weighted by molar-refractivity contribution is -0.317. The van der Waals surface area contributed by atoms with Crippen LogP contribution in [-0.2, 0) is 14.4 Å². The summed E-state index contributed by atoms with van der Waals surface area (Å²) < 4.78 is 5.51. The van der Waals surface area contributed by atoms with Crippen LogP contribution in [-0.4, -0.2) is 34.3 Å². The number of hydrogen-bond acceptors (Lipinski definition) is 4. The van der Waals surface area contributed by atoms with E-state index in [-0.39, 0.29) is 23.2 Å². The number of esters is 1. The van der Waals surface area contributed by atoms with Gasteiger partial charge in [-0.2, -0.15) is 5.06 Å². The molecule has 1 saturated carbocycles. The molecule has 0 spiro atoms. The van der Waals surface area contributed by atoms with Gasteiger partial charge in [0.15, 0.2) is 0 Å². The first-order valence-electron chi connectivity index (χ1n) is 8.55. The van der Waals surface area contributed by atoms with Crippen molar-refractivity contribution < 1.29 is 14.4 Å². The fraction of sp³-hybridized carbons (Fsp3) is 0.833. The summed E-state index contributed by atoms with van der Waals surface area (Å²) in [6, 6.07) is 0. The van der Waals surface area contributed by atoms with Crippen molar-refractivity contribution in [1.82, 2.24) is 5.06 Å². The lowest BCUT2D eigenvalue weighted by Crippen LogP contribution is -2.62. The fourth-order valence-corrected chi connectivity index (χ4v) is 4.07. The number of piperidine rings is 1. The van der Waals surface area contributed by atoms with Crippen molar-refractivity contribution in [2.45, 2.75) is 95.9 Å². The minimum atomic E-state index is -0.335. The molecule has 1 aliphatic carbocycles. The summed E-state index contributed by atoms with van der Waals surface area (Å²) in [5.41, 5.74) is -0.323. The van der Waals surface area contributed by atoms with Crippen molar-refractivity contribution in [1.29, 1.82) is 0 Å². The molecule has 0 atom stereocenters. The minimum absolute atomic E-state index is 0.0818. The molecule has 22 heavy (non-hydrogen) atoms. The molecule has 0 N–H and O–H groups in total. The van der Waals surface area contributed by atoms with Crippen LogP contribution in [0.5, 0.6) is 0 Å². The first-order valence-corrected chi connectivity index (χ1v) is 8.55. The third-order valence-electron chi connectivity index (χ3n) is 4.81. The maximum absolute atomic E-state index is 11.5. The number of rotatable bonds is 4. The summed E-state index contributed by atoms with van der Waals surface area (Å²) in [6.07, 6.45) is 9.21. The standard InChI is InChI=1S/C18H31NO3/c1-6-16(20)21-15-12-17(2,3)19(18(4,5)13-15)22-14-10-8-7-9-11-14/h6,14-15H,1,7-13H2,2-5H3. The van der Waals surface area contributed by atoms with Gasteiger partial charge in [0.2, 0.25) is 0 Å². The summed E-state index contributed by atoms with van der Waals surface area (Å²) in [7, 11) is 0.